The second-order valence-corrected chi connectivity index (χ2v) is 9.69. The Morgan fingerprint density at radius 3 is 1.97 bits per heavy atom. The van der Waals surface area contributed by atoms with E-state index in [2.05, 4.69) is 138 Å². The van der Waals surface area contributed by atoms with Crippen molar-refractivity contribution in [2.45, 2.75) is 5.54 Å². The Labute approximate surface area is 200 Å². The van der Waals surface area contributed by atoms with Gasteiger partial charge in [0, 0.05) is 17.3 Å². The van der Waals surface area contributed by atoms with Gasteiger partial charge in [-0.1, -0.05) is 121 Å². The lowest BCUT2D eigenvalue weighted by Gasteiger charge is -2.54. The number of fused-ring (bicyclic) bond motifs is 2. The standard InChI is InChI=1S/C33H23N/c1-4-13-23(14-5-1)27-20-12-21-28-30-31-29(26-19-10-11-22-32(26,30)31)33(34(27)28,24-15-6-2-7-16-24)25-17-8-3-9-18-25/h1-22,26H. The monoisotopic (exact) mass is 433 g/mol. The molecule has 3 aromatic rings. The molecule has 1 spiro atoms. The van der Waals surface area contributed by atoms with Crippen LogP contribution in [0.3, 0.4) is 0 Å². The number of allylic oxidation sites excluding steroid dienone is 9. The zero-order valence-electron chi connectivity index (χ0n) is 18.7. The molecule has 3 aliphatic carbocycles. The van der Waals surface area contributed by atoms with Crippen LogP contribution in [0.15, 0.2) is 156 Å². The van der Waals surface area contributed by atoms with Gasteiger partial charge in [0.05, 0.1) is 5.41 Å². The maximum Gasteiger partial charge on any atom is 0.118 e. The lowest BCUT2D eigenvalue weighted by atomic mass is 9.60. The topological polar surface area (TPSA) is 3.24 Å². The van der Waals surface area contributed by atoms with Crippen LogP contribution in [0.5, 0.6) is 0 Å². The fourth-order valence-corrected chi connectivity index (χ4v) is 7.05. The summed E-state index contributed by atoms with van der Waals surface area (Å²) < 4.78 is 0. The fourth-order valence-electron chi connectivity index (χ4n) is 7.05. The maximum absolute atomic E-state index is 2.65. The number of hydrogen-bond acceptors (Lipinski definition) is 1. The van der Waals surface area contributed by atoms with Crippen LogP contribution in [0.4, 0.5) is 0 Å². The first kappa shape index (κ1) is 18.3. The molecule has 2 aliphatic heterocycles. The van der Waals surface area contributed by atoms with Crippen LogP contribution in [-0.2, 0) is 5.54 Å². The van der Waals surface area contributed by atoms with Crippen LogP contribution in [0, 0.1) is 11.3 Å². The van der Waals surface area contributed by atoms with Gasteiger partial charge in [0.1, 0.15) is 5.54 Å². The van der Waals surface area contributed by atoms with Crippen molar-refractivity contribution in [1.82, 2.24) is 4.90 Å². The molecule has 2 unspecified atom stereocenters. The molecule has 3 aromatic carbocycles. The predicted molar refractivity (Wildman–Crippen MR) is 137 cm³/mol. The quantitative estimate of drug-likeness (QED) is 0.423. The molecule has 8 rings (SSSR count). The average molecular weight is 434 g/mol. The SMILES string of the molecule is C1=CC2=C3C4=C(C5C=CC=CC345)C(c3ccccc3)(c3ccccc3)N2C(c2ccccc2)=C1. The van der Waals surface area contributed by atoms with E-state index >= 15 is 0 Å². The highest BCUT2D eigenvalue weighted by molar-refractivity contribution is 5.90. The number of benzene rings is 3. The summed E-state index contributed by atoms with van der Waals surface area (Å²) in [6.07, 6.45) is 16.2. The van der Waals surface area contributed by atoms with E-state index < -0.39 is 5.54 Å². The van der Waals surface area contributed by atoms with Gasteiger partial charge < -0.3 is 4.90 Å². The largest absolute Gasteiger partial charge is 0.322 e. The van der Waals surface area contributed by atoms with Crippen LogP contribution >= 0.6 is 0 Å². The van der Waals surface area contributed by atoms with Crippen LogP contribution in [-0.4, -0.2) is 4.90 Å². The van der Waals surface area contributed by atoms with Gasteiger partial charge >= 0.3 is 0 Å². The Hall–Kier alpha value is -4.10. The minimum absolute atomic E-state index is 0.0897. The van der Waals surface area contributed by atoms with Crippen molar-refractivity contribution < 1.29 is 0 Å². The molecule has 2 atom stereocenters. The van der Waals surface area contributed by atoms with E-state index in [1.807, 2.05) is 0 Å². The van der Waals surface area contributed by atoms with Crippen molar-refractivity contribution in [1.29, 1.82) is 0 Å². The fraction of sp³-hybridized carbons (Fsp3) is 0.0909. The highest BCUT2D eigenvalue weighted by Crippen LogP contribution is 2.83. The van der Waals surface area contributed by atoms with Gasteiger partial charge in [-0.05, 0) is 45.6 Å². The van der Waals surface area contributed by atoms with Crippen LogP contribution in [0.25, 0.3) is 5.70 Å². The second kappa shape index (κ2) is 6.27. The third-order valence-electron chi connectivity index (χ3n) is 8.28. The summed E-state index contributed by atoms with van der Waals surface area (Å²) in [7, 11) is 0. The third kappa shape index (κ3) is 1.94. The van der Waals surface area contributed by atoms with Crippen LogP contribution < -0.4 is 0 Å². The molecule has 1 saturated carbocycles. The first-order valence-electron chi connectivity index (χ1n) is 12.1. The molecule has 0 aromatic heterocycles. The molecular weight excluding hydrogens is 410 g/mol. The summed E-state index contributed by atoms with van der Waals surface area (Å²) in [5.41, 5.74) is 10.8. The van der Waals surface area contributed by atoms with Gasteiger partial charge in [0.15, 0.2) is 0 Å². The minimum Gasteiger partial charge on any atom is -0.322 e. The van der Waals surface area contributed by atoms with Gasteiger partial charge in [-0.3, -0.25) is 0 Å². The average Bonchev–Trinajstić information content (AvgIpc) is 3.49. The van der Waals surface area contributed by atoms with Crippen molar-refractivity contribution >= 4 is 5.70 Å². The Morgan fingerprint density at radius 1 is 0.647 bits per heavy atom. The lowest BCUT2D eigenvalue weighted by molar-refractivity contribution is 0.271. The van der Waals surface area contributed by atoms with E-state index in [0.717, 1.165) is 0 Å². The molecule has 0 radical (unpaired) electrons. The Kier molecular flexibility index (Phi) is 3.38. The first-order valence-corrected chi connectivity index (χ1v) is 12.1. The Morgan fingerprint density at radius 2 is 1.29 bits per heavy atom. The van der Waals surface area contributed by atoms with E-state index in [1.165, 1.54) is 33.7 Å². The predicted octanol–water partition coefficient (Wildman–Crippen LogP) is 7.16. The zero-order valence-corrected chi connectivity index (χ0v) is 18.7. The molecule has 0 amide bonds. The normalized spacial score (nSPS) is 26.4. The molecule has 1 fully saturated rings. The highest BCUT2D eigenvalue weighted by atomic mass is 15.3. The third-order valence-corrected chi connectivity index (χ3v) is 8.28. The van der Waals surface area contributed by atoms with Crippen LogP contribution in [0.2, 0.25) is 0 Å². The Balaban J connectivity index is 1.52. The summed E-state index contributed by atoms with van der Waals surface area (Å²) in [5.74, 6) is 0.395. The van der Waals surface area contributed by atoms with Gasteiger partial charge in [-0.2, -0.15) is 0 Å². The smallest absolute Gasteiger partial charge is 0.118 e. The summed E-state index contributed by atoms with van der Waals surface area (Å²) in [5, 5.41) is 0. The van der Waals surface area contributed by atoms with E-state index in [9.17, 15) is 0 Å². The molecule has 160 valence electrons. The number of hydrogen-bond donors (Lipinski definition) is 0. The molecule has 34 heavy (non-hydrogen) atoms. The van der Waals surface area contributed by atoms with Crippen molar-refractivity contribution in [2.75, 3.05) is 0 Å². The first-order chi connectivity index (χ1) is 16.9. The van der Waals surface area contributed by atoms with Gasteiger partial charge in [-0.25, -0.2) is 0 Å². The summed E-state index contributed by atoms with van der Waals surface area (Å²) in [6, 6.07) is 33.1. The van der Waals surface area contributed by atoms with Crippen LogP contribution in [0.1, 0.15) is 16.7 Å². The molecule has 1 nitrogen and oxygen atoms in total. The number of rotatable bonds is 3. The van der Waals surface area contributed by atoms with E-state index in [4.69, 9.17) is 0 Å². The van der Waals surface area contributed by atoms with Gasteiger partial charge in [-0.15, -0.1) is 0 Å². The van der Waals surface area contributed by atoms with Crippen molar-refractivity contribution in [3.63, 3.8) is 0 Å². The molecule has 0 saturated heterocycles. The van der Waals surface area contributed by atoms with E-state index in [1.54, 1.807) is 11.1 Å². The molecule has 2 heterocycles. The van der Waals surface area contributed by atoms with Gasteiger partial charge in [0.2, 0.25) is 0 Å². The molecular formula is C33H23N. The molecule has 5 aliphatic rings. The lowest BCUT2D eigenvalue weighted by Crippen LogP contribution is -2.51. The zero-order chi connectivity index (χ0) is 22.3. The van der Waals surface area contributed by atoms with Gasteiger partial charge in [0.25, 0.3) is 0 Å². The molecule has 0 N–H and O–H groups in total. The number of nitrogens with zero attached hydrogens (tertiary/aromatic N) is 1. The summed E-state index contributed by atoms with van der Waals surface area (Å²) >= 11 is 0. The van der Waals surface area contributed by atoms with E-state index in [0.29, 0.717) is 5.92 Å². The van der Waals surface area contributed by atoms with Crippen molar-refractivity contribution in [3.05, 3.63) is 173 Å². The highest BCUT2D eigenvalue weighted by Gasteiger charge is 2.76. The van der Waals surface area contributed by atoms with Crippen molar-refractivity contribution in [3.8, 4) is 0 Å². The second-order valence-electron chi connectivity index (χ2n) is 9.69. The summed E-state index contributed by atoms with van der Waals surface area (Å²) in [4.78, 5) is 2.65. The van der Waals surface area contributed by atoms with E-state index in [-0.39, 0.29) is 5.41 Å². The Bertz CT molecular complexity index is 1490. The maximum atomic E-state index is 2.65. The minimum atomic E-state index is -0.399. The van der Waals surface area contributed by atoms with Crippen molar-refractivity contribution in [2.24, 2.45) is 11.3 Å². The summed E-state index contributed by atoms with van der Waals surface area (Å²) in [6.45, 7) is 0. The molecule has 0 bridgehead atoms. The molecule has 1 heteroatoms.